The third kappa shape index (κ3) is 2.39. The molecule has 0 saturated heterocycles. The molecule has 3 aromatic rings. The molecule has 0 aliphatic carbocycles. The fourth-order valence-corrected chi connectivity index (χ4v) is 2.71. The van der Waals surface area contributed by atoms with E-state index >= 15 is 0 Å². The van der Waals surface area contributed by atoms with E-state index in [0.29, 0.717) is 10.1 Å². The lowest BCUT2D eigenvalue weighted by molar-refractivity contribution is 0.0529. The molecule has 2 aromatic heterocycles. The van der Waals surface area contributed by atoms with Gasteiger partial charge in [0.25, 0.3) is 0 Å². The highest BCUT2D eigenvalue weighted by Crippen LogP contribution is 2.30. The van der Waals surface area contributed by atoms with Crippen molar-refractivity contribution < 1.29 is 13.9 Å². The van der Waals surface area contributed by atoms with Crippen LogP contribution >= 0.6 is 15.9 Å². The maximum Gasteiger partial charge on any atom is 0.342 e. The summed E-state index contributed by atoms with van der Waals surface area (Å²) < 4.78 is 21.4. The normalized spacial score (nSPS) is 10.9. The number of fused-ring (bicyclic) bond motifs is 1. The Morgan fingerprint density at radius 3 is 2.77 bits per heavy atom. The van der Waals surface area contributed by atoms with Crippen molar-refractivity contribution in [1.82, 2.24) is 9.61 Å². The largest absolute Gasteiger partial charge is 0.462 e. The van der Waals surface area contributed by atoms with Gasteiger partial charge in [0.2, 0.25) is 0 Å². The summed E-state index contributed by atoms with van der Waals surface area (Å²) in [4.78, 5) is 12.3. The minimum atomic E-state index is -0.520. The first-order valence-electron chi connectivity index (χ1n) is 6.72. The molecule has 112 valence electrons. The third-order valence-electron chi connectivity index (χ3n) is 3.22. The van der Waals surface area contributed by atoms with Gasteiger partial charge in [-0.3, -0.25) is 0 Å². The van der Waals surface area contributed by atoms with Gasteiger partial charge in [0, 0.05) is 5.56 Å². The SMILES string of the molecule is CCOC(=O)c1c(-c2ccccc2F)nn2c(Br)cccc12. The molecule has 3 rings (SSSR count). The van der Waals surface area contributed by atoms with Crippen LogP contribution in [0.4, 0.5) is 4.39 Å². The predicted octanol–water partition coefficient (Wildman–Crippen LogP) is 4.08. The minimum absolute atomic E-state index is 0.237. The van der Waals surface area contributed by atoms with Crippen molar-refractivity contribution in [3.8, 4) is 11.3 Å². The number of esters is 1. The van der Waals surface area contributed by atoms with Crippen LogP contribution in [-0.4, -0.2) is 22.2 Å². The van der Waals surface area contributed by atoms with E-state index in [9.17, 15) is 9.18 Å². The number of ether oxygens (including phenoxy) is 1. The minimum Gasteiger partial charge on any atom is -0.462 e. The van der Waals surface area contributed by atoms with Gasteiger partial charge in [-0.05, 0) is 47.1 Å². The number of nitrogens with zero attached hydrogens (tertiary/aromatic N) is 2. The average molecular weight is 363 g/mol. The molecule has 0 unspecified atom stereocenters. The molecule has 0 fully saturated rings. The molecule has 0 spiro atoms. The number of pyridine rings is 1. The molecule has 4 nitrogen and oxygen atoms in total. The van der Waals surface area contributed by atoms with E-state index in [1.807, 2.05) is 0 Å². The molecule has 0 aliphatic heterocycles. The third-order valence-corrected chi connectivity index (χ3v) is 3.82. The molecule has 0 atom stereocenters. The van der Waals surface area contributed by atoms with Crippen LogP contribution < -0.4 is 0 Å². The number of hydrogen-bond acceptors (Lipinski definition) is 3. The zero-order valence-electron chi connectivity index (χ0n) is 11.7. The van der Waals surface area contributed by atoms with Gasteiger partial charge in [-0.25, -0.2) is 13.7 Å². The smallest absolute Gasteiger partial charge is 0.342 e. The predicted molar refractivity (Wildman–Crippen MR) is 84.2 cm³/mol. The van der Waals surface area contributed by atoms with Gasteiger partial charge >= 0.3 is 5.97 Å². The second-order valence-corrected chi connectivity index (χ2v) is 5.38. The van der Waals surface area contributed by atoms with E-state index in [0.717, 1.165) is 0 Å². The molecule has 1 aromatic carbocycles. The molecule has 6 heteroatoms. The summed E-state index contributed by atoms with van der Waals surface area (Å²) in [5, 5.41) is 4.38. The Bertz CT molecular complexity index is 860. The second kappa shape index (κ2) is 5.88. The van der Waals surface area contributed by atoms with Crippen molar-refractivity contribution in [2.75, 3.05) is 6.61 Å². The van der Waals surface area contributed by atoms with Crippen LogP contribution in [0.3, 0.4) is 0 Å². The van der Waals surface area contributed by atoms with Crippen LogP contribution in [0.25, 0.3) is 16.8 Å². The molecule has 0 aliphatic rings. The van der Waals surface area contributed by atoms with E-state index in [1.165, 1.54) is 6.07 Å². The first kappa shape index (κ1) is 14.7. The summed E-state index contributed by atoms with van der Waals surface area (Å²) in [7, 11) is 0. The lowest BCUT2D eigenvalue weighted by Gasteiger charge is -2.04. The molecule has 2 heterocycles. The molecular formula is C16H12BrFN2O2. The summed E-state index contributed by atoms with van der Waals surface area (Å²) in [6.07, 6.45) is 0. The molecule has 0 radical (unpaired) electrons. The van der Waals surface area contributed by atoms with Crippen LogP contribution in [0, 0.1) is 5.82 Å². The highest BCUT2D eigenvalue weighted by Gasteiger charge is 2.24. The maximum absolute atomic E-state index is 14.1. The van der Waals surface area contributed by atoms with Crippen LogP contribution in [0.15, 0.2) is 47.1 Å². The summed E-state index contributed by atoms with van der Waals surface area (Å²) in [5.74, 6) is -0.957. The fourth-order valence-electron chi connectivity index (χ4n) is 2.28. The Morgan fingerprint density at radius 1 is 1.27 bits per heavy atom. The number of carbonyl (C=O) groups is 1. The molecule has 0 amide bonds. The quantitative estimate of drug-likeness (QED) is 0.520. The lowest BCUT2D eigenvalue weighted by atomic mass is 10.1. The van der Waals surface area contributed by atoms with Crippen molar-refractivity contribution in [1.29, 1.82) is 0 Å². The number of benzene rings is 1. The van der Waals surface area contributed by atoms with Crippen LogP contribution in [0.2, 0.25) is 0 Å². The number of carbonyl (C=O) groups excluding carboxylic acids is 1. The second-order valence-electron chi connectivity index (χ2n) is 4.57. The zero-order valence-corrected chi connectivity index (χ0v) is 13.3. The Balaban J connectivity index is 2.34. The number of halogens is 2. The molecular weight excluding hydrogens is 351 g/mol. The van der Waals surface area contributed by atoms with E-state index in [2.05, 4.69) is 21.0 Å². The van der Waals surface area contributed by atoms with Gasteiger partial charge in [-0.15, -0.1) is 0 Å². The lowest BCUT2D eigenvalue weighted by Crippen LogP contribution is -2.06. The van der Waals surface area contributed by atoms with E-state index in [-0.39, 0.29) is 23.4 Å². The van der Waals surface area contributed by atoms with Crippen LogP contribution in [0.5, 0.6) is 0 Å². The Hall–Kier alpha value is -2.21. The first-order chi connectivity index (χ1) is 10.6. The summed E-state index contributed by atoms with van der Waals surface area (Å²) in [5.41, 5.74) is 1.35. The number of hydrogen-bond donors (Lipinski definition) is 0. The summed E-state index contributed by atoms with van der Waals surface area (Å²) in [6.45, 7) is 1.96. The highest BCUT2D eigenvalue weighted by molar-refractivity contribution is 9.10. The molecule has 0 saturated carbocycles. The molecule has 22 heavy (non-hydrogen) atoms. The van der Waals surface area contributed by atoms with Crippen LogP contribution in [0.1, 0.15) is 17.3 Å². The standard InChI is InChI=1S/C16H12BrFN2O2/c1-2-22-16(21)14-12-8-5-9-13(17)20(12)19-15(14)10-6-3-4-7-11(10)18/h3-9H,2H2,1H3. The fraction of sp³-hybridized carbons (Fsp3) is 0.125. The Morgan fingerprint density at radius 2 is 2.05 bits per heavy atom. The maximum atomic E-state index is 14.1. The summed E-state index contributed by atoms with van der Waals surface area (Å²) >= 11 is 3.38. The van der Waals surface area contributed by atoms with Crippen molar-refractivity contribution in [2.45, 2.75) is 6.92 Å². The van der Waals surface area contributed by atoms with E-state index in [1.54, 1.807) is 47.8 Å². The van der Waals surface area contributed by atoms with Crippen LogP contribution in [-0.2, 0) is 4.74 Å². The molecule has 0 N–H and O–H groups in total. The van der Waals surface area contributed by atoms with Gasteiger partial charge in [-0.1, -0.05) is 18.2 Å². The number of rotatable bonds is 3. The summed E-state index contributed by atoms with van der Waals surface area (Å²) in [6, 6.07) is 11.5. The highest BCUT2D eigenvalue weighted by atomic mass is 79.9. The average Bonchev–Trinajstić information content (AvgIpc) is 2.88. The van der Waals surface area contributed by atoms with Crippen molar-refractivity contribution in [3.05, 3.63) is 58.4 Å². The number of aromatic nitrogens is 2. The van der Waals surface area contributed by atoms with Gasteiger partial charge in [0.05, 0.1) is 12.1 Å². The van der Waals surface area contributed by atoms with Crippen molar-refractivity contribution in [2.24, 2.45) is 0 Å². The van der Waals surface area contributed by atoms with Gasteiger partial charge in [-0.2, -0.15) is 5.10 Å². The Kier molecular flexibility index (Phi) is 3.94. The van der Waals surface area contributed by atoms with Gasteiger partial charge in [0.1, 0.15) is 21.7 Å². The van der Waals surface area contributed by atoms with E-state index < -0.39 is 11.8 Å². The van der Waals surface area contributed by atoms with E-state index in [4.69, 9.17) is 4.74 Å². The Labute approximate surface area is 134 Å². The van der Waals surface area contributed by atoms with Crippen molar-refractivity contribution in [3.63, 3.8) is 0 Å². The molecule has 0 bridgehead atoms. The monoisotopic (exact) mass is 362 g/mol. The van der Waals surface area contributed by atoms with Crippen molar-refractivity contribution >= 4 is 27.4 Å². The van der Waals surface area contributed by atoms with Gasteiger partial charge in [0.15, 0.2) is 0 Å². The van der Waals surface area contributed by atoms with Gasteiger partial charge < -0.3 is 4.74 Å². The topological polar surface area (TPSA) is 43.6 Å². The zero-order chi connectivity index (χ0) is 15.7. The first-order valence-corrected chi connectivity index (χ1v) is 7.52.